The van der Waals surface area contributed by atoms with E-state index < -0.39 is 0 Å². The molecular weight excluding hydrogens is 207 g/mol. The Hall–Kier alpha value is -1.42. The van der Waals surface area contributed by atoms with Gasteiger partial charge in [0, 0.05) is 5.92 Å². The molecule has 16 heavy (non-hydrogen) atoms. The lowest BCUT2D eigenvalue weighted by molar-refractivity contribution is 0.123. The number of fused-ring (bicyclic) bond motifs is 1. The van der Waals surface area contributed by atoms with Crippen molar-refractivity contribution in [1.82, 2.24) is 9.97 Å². The second-order valence-corrected chi connectivity index (χ2v) is 4.36. The van der Waals surface area contributed by atoms with Gasteiger partial charge in [-0.2, -0.15) is 0 Å². The minimum Gasteiger partial charge on any atom is -0.378 e. The van der Waals surface area contributed by atoms with Crippen LogP contribution in [-0.4, -0.2) is 22.7 Å². The van der Waals surface area contributed by atoms with Gasteiger partial charge in [0.1, 0.15) is 11.6 Å². The van der Waals surface area contributed by atoms with E-state index in [1.807, 2.05) is 0 Å². The van der Waals surface area contributed by atoms with E-state index in [2.05, 4.69) is 16.9 Å². The van der Waals surface area contributed by atoms with Gasteiger partial charge in [-0.1, -0.05) is 0 Å². The lowest BCUT2D eigenvalue weighted by Gasteiger charge is -2.01. The molecule has 0 spiro atoms. The molecule has 1 saturated heterocycles. The van der Waals surface area contributed by atoms with Gasteiger partial charge in [0.05, 0.1) is 23.7 Å². The third-order valence-corrected chi connectivity index (χ3v) is 3.05. The van der Waals surface area contributed by atoms with Gasteiger partial charge in [0.25, 0.3) is 0 Å². The summed E-state index contributed by atoms with van der Waals surface area (Å²) in [6.07, 6.45) is 1.26. The average Bonchev–Trinajstić information content (AvgIpc) is 2.83. The van der Waals surface area contributed by atoms with E-state index in [0.717, 1.165) is 23.3 Å². The summed E-state index contributed by atoms with van der Waals surface area (Å²) >= 11 is 0. The summed E-state index contributed by atoms with van der Waals surface area (Å²) in [6, 6.07) is 4.61. The summed E-state index contributed by atoms with van der Waals surface area (Å²) in [5, 5.41) is 0. The highest BCUT2D eigenvalue weighted by Crippen LogP contribution is 2.28. The fraction of sp³-hybridized carbons (Fsp3) is 0.417. The average molecular weight is 220 g/mol. The zero-order chi connectivity index (χ0) is 11.1. The second kappa shape index (κ2) is 3.56. The van der Waals surface area contributed by atoms with Crippen LogP contribution in [0.15, 0.2) is 18.2 Å². The molecule has 3 rings (SSSR count). The smallest absolute Gasteiger partial charge is 0.125 e. The topological polar surface area (TPSA) is 37.9 Å². The predicted molar refractivity (Wildman–Crippen MR) is 58.8 cm³/mol. The SMILES string of the molecule is CC1CC(c2nc3ccc(F)cc3[nH]2)CO1. The number of H-pyrrole nitrogens is 1. The third kappa shape index (κ3) is 1.59. The van der Waals surface area contributed by atoms with Crippen LogP contribution in [0.3, 0.4) is 0 Å². The van der Waals surface area contributed by atoms with Crippen LogP contribution in [-0.2, 0) is 4.74 Å². The number of imidazole rings is 1. The van der Waals surface area contributed by atoms with E-state index >= 15 is 0 Å². The lowest BCUT2D eigenvalue weighted by Crippen LogP contribution is -1.99. The van der Waals surface area contributed by atoms with Gasteiger partial charge in [0.2, 0.25) is 0 Å². The Morgan fingerprint density at radius 3 is 3.12 bits per heavy atom. The van der Waals surface area contributed by atoms with Crippen molar-refractivity contribution in [2.75, 3.05) is 6.61 Å². The fourth-order valence-electron chi connectivity index (χ4n) is 2.20. The highest BCUT2D eigenvalue weighted by Gasteiger charge is 2.25. The molecule has 2 heterocycles. The molecule has 3 nitrogen and oxygen atoms in total. The van der Waals surface area contributed by atoms with Gasteiger partial charge in [-0.15, -0.1) is 0 Å². The van der Waals surface area contributed by atoms with Crippen LogP contribution in [0.5, 0.6) is 0 Å². The Labute approximate surface area is 92.6 Å². The summed E-state index contributed by atoms with van der Waals surface area (Å²) in [4.78, 5) is 7.64. The molecule has 0 aliphatic carbocycles. The number of aromatic amines is 1. The van der Waals surface area contributed by atoms with Crippen LogP contribution in [0, 0.1) is 5.82 Å². The van der Waals surface area contributed by atoms with Crippen molar-refractivity contribution in [2.24, 2.45) is 0 Å². The Bertz CT molecular complexity index is 523. The minimum atomic E-state index is -0.237. The molecule has 0 amide bonds. The number of nitrogens with zero attached hydrogens (tertiary/aromatic N) is 1. The molecule has 2 aromatic rings. The summed E-state index contributed by atoms with van der Waals surface area (Å²) in [6.45, 7) is 2.76. The number of halogens is 1. The Morgan fingerprint density at radius 2 is 2.38 bits per heavy atom. The maximum absolute atomic E-state index is 13.0. The molecule has 1 aromatic carbocycles. The van der Waals surface area contributed by atoms with Crippen molar-refractivity contribution in [3.63, 3.8) is 0 Å². The highest BCUT2D eigenvalue weighted by molar-refractivity contribution is 5.75. The van der Waals surface area contributed by atoms with Crippen molar-refractivity contribution in [1.29, 1.82) is 0 Å². The molecule has 0 radical (unpaired) electrons. The van der Waals surface area contributed by atoms with E-state index in [9.17, 15) is 4.39 Å². The molecule has 0 bridgehead atoms. The van der Waals surface area contributed by atoms with Crippen LogP contribution < -0.4 is 0 Å². The first-order valence-electron chi connectivity index (χ1n) is 5.49. The number of hydrogen-bond acceptors (Lipinski definition) is 2. The maximum atomic E-state index is 13.0. The van der Waals surface area contributed by atoms with Crippen LogP contribution in [0.4, 0.5) is 4.39 Å². The molecule has 2 unspecified atom stereocenters. The van der Waals surface area contributed by atoms with E-state index in [-0.39, 0.29) is 11.9 Å². The molecule has 4 heteroatoms. The number of nitrogens with one attached hydrogen (secondary N) is 1. The molecule has 2 atom stereocenters. The van der Waals surface area contributed by atoms with Gasteiger partial charge in [-0.25, -0.2) is 9.37 Å². The van der Waals surface area contributed by atoms with Crippen LogP contribution >= 0.6 is 0 Å². The zero-order valence-corrected chi connectivity index (χ0v) is 9.03. The summed E-state index contributed by atoms with van der Waals surface area (Å²) < 4.78 is 18.5. The molecule has 1 aliphatic rings. The molecule has 1 aliphatic heterocycles. The normalized spacial score (nSPS) is 25.4. The van der Waals surface area contributed by atoms with E-state index in [0.29, 0.717) is 12.5 Å². The predicted octanol–water partition coefficient (Wildman–Crippen LogP) is 2.59. The van der Waals surface area contributed by atoms with Gasteiger partial charge in [0.15, 0.2) is 0 Å². The van der Waals surface area contributed by atoms with Gasteiger partial charge >= 0.3 is 0 Å². The Kier molecular flexibility index (Phi) is 2.17. The highest BCUT2D eigenvalue weighted by atomic mass is 19.1. The largest absolute Gasteiger partial charge is 0.378 e. The van der Waals surface area contributed by atoms with E-state index in [1.165, 1.54) is 12.1 Å². The van der Waals surface area contributed by atoms with Crippen molar-refractivity contribution in [2.45, 2.75) is 25.4 Å². The van der Waals surface area contributed by atoms with Gasteiger partial charge in [-0.3, -0.25) is 0 Å². The van der Waals surface area contributed by atoms with Crippen LogP contribution in [0.25, 0.3) is 11.0 Å². The first-order chi connectivity index (χ1) is 7.72. The van der Waals surface area contributed by atoms with Crippen molar-refractivity contribution in [3.05, 3.63) is 29.8 Å². The molecule has 84 valence electrons. The van der Waals surface area contributed by atoms with Crippen LogP contribution in [0.2, 0.25) is 0 Å². The van der Waals surface area contributed by atoms with E-state index in [1.54, 1.807) is 6.07 Å². The monoisotopic (exact) mass is 220 g/mol. The summed E-state index contributed by atoms with van der Waals surface area (Å²) in [5.74, 6) is 0.981. The van der Waals surface area contributed by atoms with Crippen molar-refractivity contribution in [3.8, 4) is 0 Å². The lowest BCUT2D eigenvalue weighted by atomic mass is 10.1. The molecule has 1 N–H and O–H groups in total. The standard InChI is InChI=1S/C12H13FN2O/c1-7-4-8(6-16-7)12-14-10-3-2-9(13)5-11(10)15-12/h2-3,5,7-8H,4,6H2,1H3,(H,14,15). The molecular formula is C12H13FN2O. The molecule has 1 fully saturated rings. The number of rotatable bonds is 1. The van der Waals surface area contributed by atoms with Gasteiger partial charge < -0.3 is 9.72 Å². The first kappa shape index (κ1) is 9.78. The third-order valence-electron chi connectivity index (χ3n) is 3.05. The van der Waals surface area contributed by atoms with Crippen molar-refractivity contribution < 1.29 is 9.13 Å². The number of benzene rings is 1. The van der Waals surface area contributed by atoms with Crippen molar-refractivity contribution >= 4 is 11.0 Å². The quantitative estimate of drug-likeness (QED) is 0.802. The molecule has 0 saturated carbocycles. The fourth-order valence-corrected chi connectivity index (χ4v) is 2.20. The van der Waals surface area contributed by atoms with Crippen LogP contribution in [0.1, 0.15) is 25.1 Å². The number of ether oxygens (including phenoxy) is 1. The second-order valence-electron chi connectivity index (χ2n) is 4.36. The maximum Gasteiger partial charge on any atom is 0.125 e. The molecule has 1 aromatic heterocycles. The van der Waals surface area contributed by atoms with E-state index in [4.69, 9.17) is 4.74 Å². The first-order valence-corrected chi connectivity index (χ1v) is 5.49. The Balaban J connectivity index is 1.99. The summed E-state index contributed by atoms with van der Waals surface area (Å²) in [5.41, 5.74) is 1.57. The zero-order valence-electron chi connectivity index (χ0n) is 9.03. The number of aromatic nitrogens is 2. The summed E-state index contributed by atoms with van der Waals surface area (Å²) in [7, 11) is 0. The minimum absolute atomic E-state index is 0.237. The number of hydrogen-bond donors (Lipinski definition) is 1. The van der Waals surface area contributed by atoms with Gasteiger partial charge in [-0.05, 0) is 31.5 Å². The Morgan fingerprint density at radius 1 is 1.50 bits per heavy atom.